The standard InChI is InChI=1S/C34H46FN5O/c1-23(2)33(4,36)32(41)38-17-14-34(15-18-38,25-8-7-9-26(35)20-25)16-19-39-27-12-13-28(39)22-29(21-27)40-24(3)37-30-10-5-6-11-31(30)40/h5-11,20,23,27-29H,12-19,21-22,36H2,1-4H3. The van der Waals surface area contributed by atoms with Gasteiger partial charge in [-0.3, -0.25) is 9.69 Å². The third kappa shape index (κ3) is 5.10. The normalized spacial score (nSPS) is 26.0. The van der Waals surface area contributed by atoms with Crippen LogP contribution in [0.4, 0.5) is 4.39 Å². The highest BCUT2D eigenvalue weighted by atomic mass is 19.1. The molecule has 7 heteroatoms. The Balaban J connectivity index is 1.18. The second-order valence-corrected chi connectivity index (χ2v) is 13.5. The summed E-state index contributed by atoms with van der Waals surface area (Å²) in [6, 6.07) is 17.3. The van der Waals surface area contributed by atoms with Gasteiger partial charge in [0, 0.05) is 31.2 Å². The van der Waals surface area contributed by atoms with Gasteiger partial charge in [0.15, 0.2) is 0 Å². The number of nitrogens with zero attached hydrogens (tertiary/aromatic N) is 4. The lowest BCUT2D eigenvalue weighted by atomic mass is 9.70. The molecule has 4 heterocycles. The number of hydrogen-bond donors (Lipinski definition) is 1. The maximum atomic E-state index is 14.5. The summed E-state index contributed by atoms with van der Waals surface area (Å²) in [4.78, 5) is 22.9. The van der Waals surface area contributed by atoms with Gasteiger partial charge in [0.05, 0.1) is 16.6 Å². The lowest BCUT2D eigenvalue weighted by Crippen LogP contribution is -2.59. The summed E-state index contributed by atoms with van der Waals surface area (Å²) >= 11 is 0. The van der Waals surface area contributed by atoms with Gasteiger partial charge in [-0.05, 0) is 106 Å². The third-order valence-corrected chi connectivity index (χ3v) is 11.0. The van der Waals surface area contributed by atoms with Gasteiger partial charge in [0.25, 0.3) is 0 Å². The monoisotopic (exact) mass is 559 g/mol. The molecule has 0 radical (unpaired) electrons. The summed E-state index contributed by atoms with van der Waals surface area (Å²) in [5, 5.41) is 0. The van der Waals surface area contributed by atoms with Crippen molar-refractivity contribution in [2.75, 3.05) is 19.6 Å². The minimum Gasteiger partial charge on any atom is -0.341 e. The van der Waals surface area contributed by atoms with Crippen LogP contribution in [0.3, 0.4) is 0 Å². The van der Waals surface area contributed by atoms with Gasteiger partial charge in [-0.25, -0.2) is 9.37 Å². The quantitative estimate of drug-likeness (QED) is 0.387. The number of fused-ring (bicyclic) bond motifs is 3. The lowest BCUT2D eigenvalue weighted by Gasteiger charge is -2.47. The van der Waals surface area contributed by atoms with Crippen molar-refractivity contribution in [2.24, 2.45) is 11.7 Å². The number of amides is 1. The highest BCUT2D eigenvalue weighted by Crippen LogP contribution is 2.45. The van der Waals surface area contributed by atoms with Crippen molar-refractivity contribution >= 4 is 16.9 Å². The first kappa shape index (κ1) is 28.4. The fraction of sp³-hybridized carbons (Fsp3) is 0.588. The minimum absolute atomic E-state index is 0.0304. The number of halogens is 1. The second kappa shape index (κ2) is 10.8. The number of imidazole rings is 1. The molecule has 2 aromatic carbocycles. The van der Waals surface area contributed by atoms with E-state index in [1.54, 1.807) is 6.07 Å². The van der Waals surface area contributed by atoms with Gasteiger partial charge in [0.1, 0.15) is 11.6 Å². The van der Waals surface area contributed by atoms with Crippen LogP contribution in [0.5, 0.6) is 0 Å². The van der Waals surface area contributed by atoms with Crippen LogP contribution < -0.4 is 5.73 Å². The molecule has 6 nitrogen and oxygen atoms in total. The topological polar surface area (TPSA) is 67.4 Å². The molecule has 2 bridgehead atoms. The number of aryl methyl sites for hydroxylation is 1. The fourth-order valence-electron chi connectivity index (χ4n) is 8.02. The molecule has 0 saturated carbocycles. The number of likely N-dealkylation sites (tertiary alicyclic amines) is 1. The van der Waals surface area contributed by atoms with Crippen LogP contribution in [0.1, 0.15) is 83.1 Å². The first-order valence-electron chi connectivity index (χ1n) is 15.6. The van der Waals surface area contributed by atoms with E-state index in [9.17, 15) is 9.18 Å². The first-order chi connectivity index (χ1) is 19.6. The summed E-state index contributed by atoms with van der Waals surface area (Å²) in [6.45, 7) is 10.3. The lowest BCUT2D eigenvalue weighted by molar-refractivity contribution is -0.139. The zero-order valence-corrected chi connectivity index (χ0v) is 25.2. The molecule has 3 saturated heterocycles. The minimum atomic E-state index is -0.874. The van der Waals surface area contributed by atoms with Crippen LogP contribution in [-0.2, 0) is 10.2 Å². The Hall–Kier alpha value is -2.77. The second-order valence-electron chi connectivity index (χ2n) is 13.5. The van der Waals surface area contributed by atoms with Crippen molar-refractivity contribution in [1.29, 1.82) is 0 Å². The van der Waals surface area contributed by atoms with E-state index >= 15 is 0 Å². The van der Waals surface area contributed by atoms with Crippen molar-refractivity contribution in [3.63, 3.8) is 0 Å². The summed E-state index contributed by atoms with van der Waals surface area (Å²) < 4.78 is 17.0. The summed E-state index contributed by atoms with van der Waals surface area (Å²) in [5.74, 6) is 1.02. The highest BCUT2D eigenvalue weighted by molar-refractivity contribution is 5.86. The largest absolute Gasteiger partial charge is 0.341 e. The maximum absolute atomic E-state index is 14.5. The van der Waals surface area contributed by atoms with Crippen molar-refractivity contribution in [1.82, 2.24) is 19.4 Å². The molecule has 3 aliphatic rings. The molecule has 3 fully saturated rings. The predicted octanol–water partition coefficient (Wildman–Crippen LogP) is 5.98. The van der Waals surface area contributed by atoms with Crippen LogP contribution in [0.15, 0.2) is 48.5 Å². The van der Waals surface area contributed by atoms with Crippen LogP contribution >= 0.6 is 0 Å². The Bertz CT molecular complexity index is 1390. The predicted molar refractivity (Wildman–Crippen MR) is 162 cm³/mol. The van der Waals surface area contributed by atoms with E-state index < -0.39 is 5.54 Å². The van der Waals surface area contributed by atoms with Crippen molar-refractivity contribution in [2.45, 2.75) is 102 Å². The number of para-hydroxylation sites is 2. The Morgan fingerprint density at radius 3 is 2.41 bits per heavy atom. The molecular formula is C34H46FN5O. The molecule has 1 aromatic heterocycles. The van der Waals surface area contributed by atoms with Gasteiger partial charge in [-0.1, -0.05) is 38.1 Å². The Labute approximate surface area is 244 Å². The van der Waals surface area contributed by atoms with E-state index in [0.717, 1.165) is 55.6 Å². The smallest absolute Gasteiger partial charge is 0.242 e. The van der Waals surface area contributed by atoms with Gasteiger partial charge in [0.2, 0.25) is 5.91 Å². The van der Waals surface area contributed by atoms with Crippen molar-refractivity contribution in [3.8, 4) is 0 Å². The molecular weight excluding hydrogens is 513 g/mol. The van der Waals surface area contributed by atoms with Gasteiger partial charge in [-0.2, -0.15) is 0 Å². The summed E-state index contributed by atoms with van der Waals surface area (Å²) in [5.41, 5.74) is 8.86. The van der Waals surface area contributed by atoms with E-state index in [-0.39, 0.29) is 23.1 Å². The first-order valence-corrected chi connectivity index (χ1v) is 15.6. The Morgan fingerprint density at radius 2 is 1.76 bits per heavy atom. The molecule has 0 aliphatic carbocycles. The van der Waals surface area contributed by atoms with Gasteiger partial charge in [-0.15, -0.1) is 0 Å². The summed E-state index contributed by atoms with van der Waals surface area (Å²) in [6.07, 6.45) is 7.44. The van der Waals surface area contributed by atoms with E-state index in [1.165, 1.54) is 24.4 Å². The fourth-order valence-corrected chi connectivity index (χ4v) is 8.02. The SMILES string of the molecule is Cc1nc2ccccc2n1C1CC2CCC(C1)N2CCC1(c2cccc(F)c2)CCN(C(=O)C(C)(N)C(C)C)CC1. The number of piperidine rings is 2. The van der Waals surface area contributed by atoms with Gasteiger partial charge >= 0.3 is 0 Å². The van der Waals surface area contributed by atoms with Crippen LogP contribution in [0, 0.1) is 18.7 Å². The molecule has 2 N–H and O–H groups in total. The third-order valence-electron chi connectivity index (χ3n) is 11.0. The average Bonchev–Trinajstić information content (AvgIpc) is 3.42. The Kier molecular flexibility index (Phi) is 7.48. The highest BCUT2D eigenvalue weighted by Gasteiger charge is 2.45. The van der Waals surface area contributed by atoms with E-state index in [4.69, 9.17) is 10.7 Å². The van der Waals surface area contributed by atoms with Crippen LogP contribution in [0.25, 0.3) is 11.0 Å². The van der Waals surface area contributed by atoms with Crippen LogP contribution in [0.2, 0.25) is 0 Å². The molecule has 3 unspecified atom stereocenters. The van der Waals surface area contributed by atoms with E-state index in [1.807, 2.05) is 31.7 Å². The molecule has 6 rings (SSSR count). The average molecular weight is 560 g/mol. The summed E-state index contributed by atoms with van der Waals surface area (Å²) in [7, 11) is 0. The molecule has 220 valence electrons. The number of aromatic nitrogens is 2. The van der Waals surface area contributed by atoms with Crippen molar-refractivity contribution in [3.05, 3.63) is 65.7 Å². The zero-order valence-electron chi connectivity index (χ0n) is 25.2. The number of hydrogen-bond acceptors (Lipinski definition) is 4. The number of carbonyl (C=O) groups excluding carboxylic acids is 1. The molecule has 3 aliphatic heterocycles. The van der Waals surface area contributed by atoms with Crippen molar-refractivity contribution < 1.29 is 9.18 Å². The Morgan fingerprint density at radius 1 is 1.07 bits per heavy atom. The molecule has 3 aromatic rings. The molecule has 3 atom stereocenters. The van der Waals surface area contributed by atoms with Gasteiger partial charge < -0.3 is 15.2 Å². The zero-order chi connectivity index (χ0) is 28.9. The number of benzene rings is 2. The van der Waals surface area contributed by atoms with E-state index in [0.29, 0.717) is 31.2 Å². The number of nitrogens with two attached hydrogens (primary N) is 1. The number of rotatable bonds is 7. The maximum Gasteiger partial charge on any atom is 0.242 e. The van der Waals surface area contributed by atoms with E-state index in [2.05, 4.69) is 46.7 Å². The molecule has 0 spiro atoms. The molecule has 1 amide bonds. The molecule has 41 heavy (non-hydrogen) atoms. The number of carbonyl (C=O) groups is 1. The van der Waals surface area contributed by atoms with Crippen LogP contribution in [-0.4, -0.2) is 62.5 Å².